The first-order valence-electron chi connectivity index (χ1n) is 4.59. The molecule has 0 heterocycles. The molecule has 0 bridgehead atoms. The van der Waals surface area contributed by atoms with Gasteiger partial charge in [-0.3, -0.25) is 5.43 Å². The average molecular weight is 318 g/mol. The number of halogens is 5. The number of rotatable bonds is 3. The number of alkyl halides is 3. The van der Waals surface area contributed by atoms with Gasteiger partial charge in [-0.05, 0) is 30.4 Å². The van der Waals surface area contributed by atoms with Crippen molar-refractivity contribution in [1.82, 2.24) is 10.9 Å². The molecule has 100 valence electrons. The SMILES string of the molecule is FC(F)(F)CNNC(=S)Nc1ccc(Cl)c(Cl)c1. The van der Waals surface area contributed by atoms with Crippen molar-refractivity contribution in [2.45, 2.75) is 6.18 Å². The Labute approximate surface area is 117 Å². The molecule has 1 aromatic rings. The van der Waals surface area contributed by atoms with Gasteiger partial charge in [0, 0.05) is 5.69 Å². The van der Waals surface area contributed by atoms with Crippen molar-refractivity contribution in [3.63, 3.8) is 0 Å². The summed E-state index contributed by atoms with van der Waals surface area (Å²) in [5.41, 5.74) is 4.64. The summed E-state index contributed by atoms with van der Waals surface area (Å²) in [4.78, 5) is 0. The van der Waals surface area contributed by atoms with Crippen LogP contribution in [0, 0.1) is 0 Å². The third-order valence-corrected chi connectivity index (χ3v) is 2.61. The normalized spacial score (nSPS) is 11.2. The zero-order valence-corrected chi connectivity index (χ0v) is 11.1. The zero-order chi connectivity index (χ0) is 13.8. The molecule has 0 radical (unpaired) electrons. The van der Waals surface area contributed by atoms with Gasteiger partial charge >= 0.3 is 6.18 Å². The summed E-state index contributed by atoms with van der Waals surface area (Å²) in [5, 5.41) is 3.31. The molecule has 0 aliphatic rings. The van der Waals surface area contributed by atoms with Crippen LogP contribution in [-0.2, 0) is 0 Å². The third kappa shape index (κ3) is 5.72. The highest BCUT2D eigenvalue weighted by atomic mass is 35.5. The van der Waals surface area contributed by atoms with E-state index in [1.165, 1.54) is 12.1 Å². The van der Waals surface area contributed by atoms with E-state index in [1.54, 1.807) is 6.07 Å². The van der Waals surface area contributed by atoms with E-state index >= 15 is 0 Å². The van der Waals surface area contributed by atoms with Crippen molar-refractivity contribution in [2.75, 3.05) is 11.9 Å². The summed E-state index contributed by atoms with van der Waals surface area (Å²) in [7, 11) is 0. The van der Waals surface area contributed by atoms with Crippen LogP contribution in [0.25, 0.3) is 0 Å². The van der Waals surface area contributed by atoms with Crippen LogP contribution in [-0.4, -0.2) is 17.8 Å². The highest BCUT2D eigenvalue weighted by Crippen LogP contribution is 2.24. The van der Waals surface area contributed by atoms with E-state index in [4.69, 9.17) is 35.4 Å². The van der Waals surface area contributed by atoms with E-state index in [1.807, 2.05) is 5.43 Å². The van der Waals surface area contributed by atoms with Gasteiger partial charge in [-0.1, -0.05) is 23.2 Å². The number of benzene rings is 1. The van der Waals surface area contributed by atoms with Crippen molar-refractivity contribution < 1.29 is 13.2 Å². The van der Waals surface area contributed by atoms with Gasteiger partial charge in [-0.15, -0.1) is 0 Å². The smallest absolute Gasteiger partial charge is 0.332 e. The van der Waals surface area contributed by atoms with Crippen molar-refractivity contribution in [2.24, 2.45) is 0 Å². The first-order chi connectivity index (χ1) is 8.28. The Morgan fingerprint density at radius 1 is 1.22 bits per heavy atom. The average Bonchev–Trinajstić information content (AvgIpc) is 2.21. The van der Waals surface area contributed by atoms with Crippen LogP contribution in [0.4, 0.5) is 18.9 Å². The van der Waals surface area contributed by atoms with Gasteiger partial charge in [-0.25, -0.2) is 5.43 Å². The van der Waals surface area contributed by atoms with E-state index in [0.717, 1.165) is 0 Å². The second-order valence-corrected chi connectivity index (χ2v) is 4.40. The lowest BCUT2D eigenvalue weighted by Gasteiger charge is -2.13. The Kier molecular flexibility index (Phi) is 5.46. The van der Waals surface area contributed by atoms with Crippen LogP contribution in [0.1, 0.15) is 0 Å². The topological polar surface area (TPSA) is 36.1 Å². The Bertz CT molecular complexity index is 440. The second kappa shape index (κ2) is 6.42. The molecule has 0 aliphatic carbocycles. The van der Waals surface area contributed by atoms with E-state index in [-0.39, 0.29) is 5.11 Å². The van der Waals surface area contributed by atoms with Crippen molar-refractivity contribution in [3.05, 3.63) is 28.2 Å². The van der Waals surface area contributed by atoms with Crippen molar-refractivity contribution in [3.8, 4) is 0 Å². The van der Waals surface area contributed by atoms with Crippen LogP contribution in [0.3, 0.4) is 0 Å². The highest BCUT2D eigenvalue weighted by molar-refractivity contribution is 7.80. The molecule has 1 rings (SSSR count). The fourth-order valence-electron chi connectivity index (χ4n) is 0.961. The standard InChI is InChI=1S/C9H8Cl2F3N3S/c10-6-2-1-5(3-7(6)11)16-8(18)17-15-4-9(12,13)14/h1-3,15H,4H2,(H2,16,17,18). The Balaban J connectivity index is 2.42. The van der Waals surface area contributed by atoms with E-state index in [9.17, 15) is 13.2 Å². The number of hydrazine groups is 1. The largest absolute Gasteiger partial charge is 0.402 e. The van der Waals surface area contributed by atoms with Gasteiger partial charge in [-0.2, -0.15) is 13.2 Å². The van der Waals surface area contributed by atoms with Crippen molar-refractivity contribution >= 4 is 46.2 Å². The Hall–Kier alpha value is -0.760. The highest BCUT2D eigenvalue weighted by Gasteiger charge is 2.26. The van der Waals surface area contributed by atoms with Crippen LogP contribution >= 0.6 is 35.4 Å². The molecule has 9 heteroatoms. The molecule has 0 spiro atoms. The van der Waals surface area contributed by atoms with Gasteiger partial charge in [0.05, 0.1) is 10.0 Å². The minimum atomic E-state index is -4.31. The van der Waals surface area contributed by atoms with Gasteiger partial charge in [0.1, 0.15) is 6.54 Å². The summed E-state index contributed by atoms with van der Waals surface area (Å²) in [6.45, 7) is -1.20. The number of thiocarbonyl (C=S) groups is 1. The molecule has 0 aromatic heterocycles. The number of anilines is 1. The lowest BCUT2D eigenvalue weighted by Crippen LogP contribution is -2.44. The minimum Gasteiger partial charge on any atom is -0.332 e. The summed E-state index contributed by atoms with van der Waals surface area (Å²) in [6, 6.07) is 4.63. The summed E-state index contributed by atoms with van der Waals surface area (Å²) >= 11 is 16.2. The van der Waals surface area contributed by atoms with Gasteiger partial charge in [0.25, 0.3) is 0 Å². The maximum atomic E-state index is 11.8. The van der Waals surface area contributed by atoms with Crippen LogP contribution in [0.15, 0.2) is 18.2 Å². The predicted octanol–water partition coefficient (Wildman–Crippen LogP) is 3.35. The monoisotopic (exact) mass is 317 g/mol. The van der Waals surface area contributed by atoms with Crippen LogP contribution < -0.4 is 16.2 Å². The molecular formula is C9H8Cl2F3N3S. The number of hydrogen-bond acceptors (Lipinski definition) is 2. The minimum absolute atomic E-state index is 0.0161. The molecule has 0 aliphatic heterocycles. The number of hydrogen-bond donors (Lipinski definition) is 3. The second-order valence-electron chi connectivity index (χ2n) is 3.18. The third-order valence-electron chi connectivity index (χ3n) is 1.67. The molecule has 0 atom stereocenters. The molecule has 0 unspecified atom stereocenters. The molecule has 0 saturated heterocycles. The molecule has 18 heavy (non-hydrogen) atoms. The maximum absolute atomic E-state index is 11.8. The Morgan fingerprint density at radius 2 is 1.89 bits per heavy atom. The summed E-state index contributed by atoms with van der Waals surface area (Å²) in [6.07, 6.45) is -4.31. The van der Waals surface area contributed by atoms with E-state index in [0.29, 0.717) is 15.7 Å². The molecule has 0 saturated carbocycles. The van der Waals surface area contributed by atoms with Gasteiger partial charge in [0.15, 0.2) is 5.11 Å². The molecule has 1 aromatic carbocycles. The lowest BCUT2D eigenvalue weighted by molar-refractivity contribution is -0.125. The molecular weight excluding hydrogens is 310 g/mol. The van der Waals surface area contributed by atoms with Gasteiger partial charge in [0.2, 0.25) is 0 Å². The predicted molar refractivity (Wildman–Crippen MR) is 69.9 cm³/mol. The first-order valence-corrected chi connectivity index (χ1v) is 5.76. The molecule has 3 N–H and O–H groups in total. The lowest BCUT2D eigenvalue weighted by atomic mass is 10.3. The van der Waals surface area contributed by atoms with Crippen LogP contribution in [0.2, 0.25) is 10.0 Å². The summed E-state index contributed by atoms with van der Waals surface area (Å²) in [5.74, 6) is 0. The maximum Gasteiger partial charge on any atom is 0.402 e. The van der Waals surface area contributed by atoms with Crippen molar-refractivity contribution in [1.29, 1.82) is 0 Å². The van der Waals surface area contributed by atoms with E-state index in [2.05, 4.69) is 10.7 Å². The Morgan fingerprint density at radius 3 is 2.44 bits per heavy atom. The molecule has 3 nitrogen and oxygen atoms in total. The fraction of sp³-hybridized carbons (Fsp3) is 0.222. The van der Waals surface area contributed by atoms with Crippen LogP contribution in [0.5, 0.6) is 0 Å². The number of nitrogens with one attached hydrogen (secondary N) is 3. The molecule has 0 amide bonds. The summed E-state index contributed by atoms with van der Waals surface area (Å²) < 4.78 is 35.5. The fourth-order valence-corrected chi connectivity index (χ4v) is 1.45. The first kappa shape index (κ1) is 15.3. The van der Waals surface area contributed by atoms with E-state index < -0.39 is 12.7 Å². The quantitative estimate of drug-likeness (QED) is 0.590. The zero-order valence-electron chi connectivity index (χ0n) is 8.74. The molecule has 0 fully saturated rings. The van der Waals surface area contributed by atoms with Gasteiger partial charge < -0.3 is 5.32 Å².